The van der Waals surface area contributed by atoms with E-state index in [4.69, 9.17) is 0 Å². The number of carbonyl (C=O) groups excluding carboxylic acids is 2. The first-order valence-electron chi connectivity index (χ1n) is 5.53. The lowest BCUT2D eigenvalue weighted by molar-refractivity contribution is 0.0910. The van der Waals surface area contributed by atoms with Crippen molar-refractivity contribution < 1.29 is 9.59 Å². The third-order valence-corrected chi connectivity index (χ3v) is 3.71. The molecule has 2 aromatic carbocycles. The fourth-order valence-electron chi connectivity index (χ4n) is 1.62. The van der Waals surface area contributed by atoms with Gasteiger partial charge in [-0.15, -0.1) is 0 Å². The van der Waals surface area contributed by atoms with Crippen LogP contribution in [0.5, 0.6) is 0 Å². The van der Waals surface area contributed by atoms with Crippen LogP contribution in [0, 0.1) is 0 Å². The standard InChI is InChI=1S/C15H11IO2/c16-13(14(17)11-7-3-1-4-8-11)15(18)12-9-5-2-6-10-12/h1-10,13H. The molecule has 90 valence electrons. The van der Waals surface area contributed by atoms with Crippen LogP contribution in [0.15, 0.2) is 60.7 Å². The van der Waals surface area contributed by atoms with Gasteiger partial charge in [0.05, 0.1) is 0 Å². The van der Waals surface area contributed by atoms with E-state index in [9.17, 15) is 9.59 Å². The van der Waals surface area contributed by atoms with Gasteiger partial charge < -0.3 is 0 Å². The maximum atomic E-state index is 12.1. The first-order chi connectivity index (χ1) is 8.70. The highest BCUT2D eigenvalue weighted by molar-refractivity contribution is 14.1. The van der Waals surface area contributed by atoms with Crippen LogP contribution in [0.3, 0.4) is 0 Å². The summed E-state index contributed by atoms with van der Waals surface area (Å²) >= 11 is 1.90. The Morgan fingerprint density at radius 2 is 1.06 bits per heavy atom. The number of alkyl halides is 1. The second kappa shape index (κ2) is 5.91. The Morgan fingerprint density at radius 1 is 0.722 bits per heavy atom. The molecule has 0 atom stereocenters. The van der Waals surface area contributed by atoms with Gasteiger partial charge in [-0.2, -0.15) is 0 Å². The molecular weight excluding hydrogens is 339 g/mol. The number of halogens is 1. The Kier molecular flexibility index (Phi) is 4.25. The van der Waals surface area contributed by atoms with Crippen molar-refractivity contribution in [1.29, 1.82) is 0 Å². The number of benzene rings is 2. The van der Waals surface area contributed by atoms with Crippen LogP contribution in [0.4, 0.5) is 0 Å². The van der Waals surface area contributed by atoms with E-state index in [1.807, 2.05) is 34.7 Å². The van der Waals surface area contributed by atoms with Crippen LogP contribution in [0.2, 0.25) is 0 Å². The molecule has 0 aliphatic rings. The van der Waals surface area contributed by atoms with Crippen LogP contribution < -0.4 is 0 Å². The zero-order valence-electron chi connectivity index (χ0n) is 9.55. The van der Waals surface area contributed by atoms with Crippen LogP contribution in [-0.2, 0) is 0 Å². The van der Waals surface area contributed by atoms with E-state index in [-0.39, 0.29) is 11.6 Å². The minimum atomic E-state index is -0.674. The lowest BCUT2D eigenvalue weighted by Crippen LogP contribution is -2.24. The van der Waals surface area contributed by atoms with E-state index >= 15 is 0 Å². The molecule has 0 fully saturated rings. The van der Waals surface area contributed by atoms with Crippen molar-refractivity contribution in [3.05, 3.63) is 71.8 Å². The summed E-state index contributed by atoms with van der Waals surface area (Å²) < 4.78 is -0.674. The molecule has 0 aliphatic heterocycles. The number of rotatable bonds is 4. The van der Waals surface area contributed by atoms with Gasteiger partial charge in [-0.05, 0) is 0 Å². The minimum Gasteiger partial charge on any atom is -0.292 e. The summed E-state index contributed by atoms with van der Waals surface area (Å²) in [6.45, 7) is 0. The SMILES string of the molecule is O=C(c1ccccc1)C(I)C(=O)c1ccccc1. The predicted molar refractivity (Wildman–Crippen MR) is 79.4 cm³/mol. The molecular formula is C15H11IO2. The summed E-state index contributed by atoms with van der Waals surface area (Å²) in [6.07, 6.45) is 0. The second-order valence-electron chi connectivity index (χ2n) is 3.82. The average Bonchev–Trinajstić information content (AvgIpc) is 2.47. The first kappa shape index (κ1) is 13.0. The summed E-state index contributed by atoms with van der Waals surface area (Å²) in [5.41, 5.74) is 1.14. The summed E-state index contributed by atoms with van der Waals surface area (Å²) in [5.74, 6) is -0.296. The summed E-state index contributed by atoms with van der Waals surface area (Å²) in [6, 6.07) is 17.8. The fourth-order valence-corrected chi connectivity index (χ4v) is 2.34. The zero-order valence-corrected chi connectivity index (χ0v) is 11.7. The normalized spacial score (nSPS) is 10.3. The lowest BCUT2D eigenvalue weighted by atomic mass is 10.0. The van der Waals surface area contributed by atoms with Crippen molar-refractivity contribution in [3.8, 4) is 0 Å². The Bertz CT molecular complexity index is 498. The molecule has 0 saturated carbocycles. The molecule has 0 radical (unpaired) electrons. The number of carbonyl (C=O) groups is 2. The van der Waals surface area contributed by atoms with E-state index in [1.54, 1.807) is 48.5 Å². The third-order valence-electron chi connectivity index (χ3n) is 2.58. The number of hydrogen-bond acceptors (Lipinski definition) is 2. The van der Waals surface area contributed by atoms with Crippen LogP contribution in [0.25, 0.3) is 0 Å². The van der Waals surface area contributed by atoms with E-state index in [2.05, 4.69) is 0 Å². The summed E-state index contributed by atoms with van der Waals surface area (Å²) in [5, 5.41) is 0. The van der Waals surface area contributed by atoms with Gasteiger partial charge in [-0.1, -0.05) is 83.3 Å². The maximum absolute atomic E-state index is 12.1. The fraction of sp³-hybridized carbons (Fsp3) is 0.0667. The molecule has 0 amide bonds. The van der Waals surface area contributed by atoms with Crippen molar-refractivity contribution in [2.45, 2.75) is 3.92 Å². The zero-order chi connectivity index (χ0) is 13.0. The molecule has 3 heteroatoms. The molecule has 0 unspecified atom stereocenters. The molecule has 0 aliphatic carbocycles. The Balaban J connectivity index is 2.20. The van der Waals surface area contributed by atoms with E-state index < -0.39 is 3.92 Å². The number of ketones is 2. The smallest absolute Gasteiger partial charge is 0.183 e. The Morgan fingerprint density at radius 3 is 1.39 bits per heavy atom. The molecule has 0 N–H and O–H groups in total. The molecule has 0 heterocycles. The largest absolute Gasteiger partial charge is 0.292 e. The topological polar surface area (TPSA) is 34.1 Å². The van der Waals surface area contributed by atoms with Gasteiger partial charge in [0.25, 0.3) is 0 Å². The molecule has 2 nitrogen and oxygen atoms in total. The van der Waals surface area contributed by atoms with Gasteiger partial charge in [0, 0.05) is 11.1 Å². The third kappa shape index (κ3) is 2.85. The number of hydrogen-bond donors (Lipinski definition) is 0. The van der Waals surface area contributed by atoms with Gasteiger partial charge in [0.1, 0.15) is 3.92 Å². The maximum Gasteiger partial charge on any atom is 0.183 e. The van der Waals surface area contributed by atoms with Crippen molar-refractivity contribution in [1.82, 2.24) is 0 Å². The lowest BCUT2D eigenvalue weighted by Gasteiger charge is -2.08. The van der Waals surface area contributed by atoms with Gasteiger partial charge in [0.15, 0.2) is 11.6 Å². The monoisotopic (exact) mass is 350 g/mol. The van der Waals surface area contributed by atoms with Crippen molar-refractivity contribution in [2.24, 2.45) is 0 Å². The van der Waals surface area contributed by atoms with Crippen LogP contribution >= 0.6 is 22.6 Å². The molecule has 0 bridgehead atoms. The average molecular weight is 350 g/mol. The van der Waals surface area contributed by atoms with E-state index in [0.29, 0.717) is 11.1 Å². The van der Waals surface area contributed by atoms with Crippen molar-refractivity contribution in [2.75, 3.05) is 0 Å². The quantitative estimate of drug-likeness (QED) is 0.366. The van der Waals surface area contributed by atoms with Crippen molar-refractivity contribution >= 4 is 34.2 Å². The Hall–Kier alpha value is -1.49. The van der Waals surface area contributed by atoms with Crippen LogP contribution in [-0.4, -0.2) is 15.5 Å². The van der Waals surface area contributed by atoms with E-state index in [0.717, 1.165) is 0 Å². The highest BCUT2D eigenvalue weighted by Gasteiger charge is 2.25. The highest BCUT2D eigenvalue weighted by Crippen LogP contribution is 2.16. The Labute approximate surface area is 119 Å². The van der Waals surface area contributed by atoms with Gasteiger partial charge in [-0.3, -0.25) is 9.59 Å². The molecule has 2 aromatic rings. The van der Waals surface area contributed by atoms with Crippen molar-refractivity contribution in [3.63, 3.8) is 0 Å². The summed E-state index contributed by atoms with van der Waals surface area (Å²) in [4.78, 5) is 24.3. The molecule has 18 heavy (non-hydrogen) atoms. The summed E-state index contributed by atoms with van der Waals surface area (Å²) in [7, 11) is 0. The molecule has 0 saturated heterocycles. The molecule has 2 rings (SSSR count). The molecule has 0 spiro atoms. The predicted octanol–water partition coefficient (Wildman–Crippen LogP) is 3.56. The van der Waals surface area contributed by atoms with Gasteiger partial charge in [-0.25, -0.2) is 0 Å². The van der Waals surface area contributed by atoms with E-state index in [1.165, 1.54) is 0 Å². The second-order valence-corrected chi connectivity index (χ2v) is 5.07. The highest BCUT2D eigenvalue weighted by atomic mass is 127. The van der Waals surface area contributed by atoms with Gasteiger partial charge in [0.2, 0.25) is 0 Å². The van der Waals surface area contributed by atoms with Gasteiger partial charge >= 0.3 is 0 Å². The first-order valence-corrected chi connectivity index (χ1v) is 6.77. The number of Topliss-reactive ketones (excluding diaryl/α,β-unsaturated/α-hetero) is 2. The van der Waals surface area contributed by atoms with Crippen LogP contribution in [0.1, 0.15) is 20.7 Å². The molecule has 0 aromatic heterocycles. The minimum absolute atomic E-state index is 0.148.